The van der Waals surface area contributed by atoms with Crippen molar-refractivity contribution < 1.29 is 14.3 Å². The van der Waals surface area contributed by atoms with Crippen LogP contribution in [0.25, 0.3) is 0 Å². The zero-order valence-electron chi connectivity index (χ0n) is 11.8. The third kappa shape index (κ3) is 2.86. The van der Waals surface area contributed by atoms with Crippen molar-refractivity contribution in [3.05, 3.63) is 47.9 Å². The molecule has 2 heterocycles. The van der Waals surface area contributed by atoms with Gasteiger partial charge in [-0.2, -0.15) is 0 Å². The van der Waals surface area contributed by atoms with Gasteiger partial charge in [0, 0.05) is 12.5 Å². The summed E-state index contributed by atoms with van der Waals surface area (Å²) in [5.41, 5.74) is 1.49. The summed E-state index contributed by atoms with van der Waals surface area (Å²) in [6, 6.07) is 9.46. The maximum atomic E-state index is 12.4. The van der Waals surface area contributed by atoms with Gasteiger partial charge in [0.1, 0.15) is 17.8 Å². The fourth-order valence-electron chi connectivity index (χ4n) is 2.56. The first-order chi connectivity index (χ1) is 10.3. The number of ketones is 1. The number of hydrogen-bond donors (Lipinski definition) is 0. The Balaban J connectivity index is 1.79. The lowest BCUT2D eigenvalue weighted by molar-refractivity contribution is 0.0960. The molecule has 0 N–H and O–H groups in total. The lowest BCUT2D eigenvalue weighted by atomic mass is 9.88. The van der Waals surface area contributed by atoms with Gasteiger partial charge in [-0.25, -0.2) is 9.97 Å². The Morgan fingerprint density at radius 1 is 1.38 bits per heavy atom. The van der Waals surface area contributed by atoms with Crippen LogP contribution in [0.4, 0.5) is 0 Å². The molecule has 1 aliphatic heterocycles. The number of hydrogen-bond acceptors (Lipinski definition) is 5. The highest BCUT2D eigenvalue weighted by Crippen LogP contribution is 2.36. The summed E-state index contributed by atoms with van der Waals surface area (Å²) in [6.45, 7) is 0.641. The first kappa shape index (κ1) is 13.5. The van der Waals surface area contributed by atoms with E-state index in [0.29, 0.717) is 24.6 Å². The van der Waals surface area contributed by atoms with Crippen molar-refractivity contribution in [1.82, 2.24) is 9.97 Å². The second-order valence-electron chi connectivity index (χ2n) is 4.94. The van der Waals surface area contributed by atoms with E-state index in [-0.39, 0.29) is 11.7 Å². The Morgan fingerprint density at radius 3 is 3.10 bits per heavy atom. The predicted molar refractivity (Wildman–Crippen MR) is 76.8 cm³/mol. The maximum absolute atomic E-state index is 12.4. The van der Waals surface area contributed by atoms with Gasteiger partial charge in [-0.15, -0.1) is 0 Å². The largest absolute Gasteiger partial charge is 0.493 e. The average Bonchev–Trinajstić information content (AvgIpc) is 2.55. The molecule has 0 radical (unpaired) electrons. The summed E-state index contributed by atoms with van der Waals surface area (Å²) in [4.78, 5) is 20.4. The molecular weight excluding hydrogens is 268 g/mol. The minimum atomic E-state index is -0.00240. The van der Waals surface area contributed by atoms with E-state index in [0.717, 1.165) is 17.7 Å². The molecule has 0 bridgehead atoms. The van der Waals surface area contributed by atoms with Crippen LogP contribution in [-0.4, -0.2) is 29.5 Å². The summed E-state index contributed by atoms with van der Waals surface area (Å²) in [5, 5.41) is 0. The Kier molecular flexibility index (Phi) is 3.81. The minimum absolute atomic E-state index is 0.00240. The van der Waals surface area contributed by atoms with Crippen LogP contribution >= 0.6 is 0 Å². The third-order valence-electron chi connectivity index (χ3n) is 3.65. The number of methoxy groups -OCH3 is 1. The van der Waals surface area contributed by atoms with E-state index in [1.54, 1.807) is 6.07 Å². The second kappa shape index (κ2) is 5.91. The van der Waals surface area contributed by atoms with Gasteiger partial charge in [-0.3, -0.25) is 4.79 Å². The monoisotopic (exact) mass is 284 g/mol. The van der Waals surface area contributed by atoms with E-state index in [1.807, 2.05) is 24.3 Å². The summed E-state index contributed by atoms with van der Waals surface area (Å²) in [7, 11) is 1.52. The van der Waals surface area contributed by atoms with E-state index < -0.39 is 0 Å². The highest BCUT2D eigenvalue weighted by atomic mass is 16.5. The fourth-order valence-corrected chi connectivity index (χ4v) is 2.56. The van der Waals surface area contributed by atoms with Crippen LogP contribution in [0.2, 0.25) is 0 Å². The van der Waals surface area contributed by atoms with E-state index >= 15 is 0 Å². The van der Waals surface area contributed by atoms with Gasteiger partial charge >= 0.3 is 0 Å². The van der Waals surface area contributed by atoms with Crippen molar-refractivity contribution in [3.8, 4) is 11.6 Å². The van der Waals surface area contributed by atoms with Crippen LogP contribution in [-0.2, 0) is 0 Å². The Labute approximate surface area is 123 Å². The van der Waals surface area contributed by atoms with E-state index in [2.05, 4.69) is 9.97 Å². The number of nitrogens with zero attached hydrogens (tertiary/aromatic N) is 2. The van der Waals surface area contributed by atoms with E-state index in [4.69, 9.17) is 9.47 Å². The molecule has 1 aromatic heterocycles. The molecule has 0 amide bonds. The zero-order chi connectivity index (χ0) is 14.7. The van der Waals surface area contributed by atoms with Crippen molar-refractivity contribution in [2.45, 2.75) is 18.8 Å². The van der Waals surface area contributed by atoms with Crippen molar-refractivity contribution in [1.29, 1.82) is 0 Å². The number of para-hydroxylation sites is 1. The molecule has 1 unspecified atom stereocenters. The first-order valence-electron chi connectivity index (χ1n) is 6.89. The average molecular weight is 284 g/mol. The molecule has 21 heavy (non-hydrogen) atoms. The molecule has 1 aromatic carbocycles. The lowest BCUT2D eigenvalue weighted by Gasteiger charge is -2.25. The molecule has 5 nitrogen and oxygen atoms in total. The van der Waals surface area contributed by atoms with E-state index in [9.17, 15) is 4.79 Å². The maximum Gasteiger partial charge on any atom is 0.216 e. The molecule has 0 saturated heterocycles. The second-order valence-corrected chi connectivity index (χ2v) is 4.94. The molecule has 2 aromatic rings. The van der Waals surface area contributed by atoms with Gasteiger partial charge in [0.25, 0.3) is 0 Å². The number of rotatable bonds is 4. The quantitative estimate of drug-likeness (QED) is 0.808. The third-order valence-corrected chi connectivity index (χ3v) is 3.65. The summed E-state index contributed by atoms with van der Waals surface area (Å²) in [5.74, 6) is 1.45. The van der Waals surface area contributed by atoms with Crippen molar-refractivity contribution >= 4 is 5.78 Å². The van der Waals surface area contributed by atoms with Crippen LogP contribution in [0.5, 0.6) is 11.6 Å². The van der Waals surface area contributed by atoms with Crippen molar-refractivity contribution in [2.75, 3.05) is 13.7 Å². The fraction of sp³-hybridized carbons (Fsp3) is 0.312. The Morgan fingerprint density at radius 2 is 2.24 bits per heavy atom. The highest BCUT2D eigenvalue weighted by Gasteiger charge is 2.24. The molecule has 1 aliphatic rings. The number of fused-ring (bicyclic) bond motifs is 1. The van der Waals surface area contributed by atoms with Gasteiger partial charge in [-0.1, -0.05) is 18.2 Å². The first-order valence-corrected chi connectivity index (χ1v) is 6.89. The lowest BCUT2D eigenvalue weighted by Crippen LogP contribution is -2.17. The summed E-state index contributed by atoms with van der Waals surface area (Å²) >= 11 is 0. The zero-order valence-corrected chi connectivity index (χ0v) is 11.8. The number of carbonyl (C=O) groups is 1. The predicted octanol–water partition coefficient (Wildman–Crippen LogP) is 2.62. The van der Waals surface area contributed by atoms with Gasteiger partial charge in [0.15, 0.2) is 5.78 Å². The number of ether oxygens (including phenoxy) is 2. The van der Waals surface area contributed by atoms with E-state index in [1.165, 1.54) is 13.4 Å². The molecule has 0 saturated carbocycles. The molecule has 1 atom stereocenters. The molecule has 0 fully saturated rings. The van der Waals surface area contributed by atoms with Gasteiger partial charge < -0.3 is 9.47 Å². The number of aromatic nitrogens is 2. The normalized spacial score (nSPS) is 16.7. The van der Waals surface area contributed by atoms with Crippen LogP contribution in [0.1, 0.15) is 34.8 Å². The summed E-state index contributed by atoms with van der Waals surface area (Å²) in [6.07, 6.45) is 2.61. The van der Waals surface area contributed by atoms with Gasteiger partial charge in [-0.05, 0) is 24.0 Å². The SMILES string of the molecule is COc1cc(C(=O)CC2CCOc3ccccc32)ncn1. The molecule has 0 spiro atoms. The number of benzene rings is 1. The smallest absolute Gasteiger partial charge is 0.216 e. The van der Waals surface area contributed by atoms with Crippen LogP contribution in [0.3, 0.4) is 0 Å². The molecule has 3 rings (SSSR count). The number of Topliss-reactive ketones (excluding diaryl/α,β-unsaturated/α-hetero) is 1. The molecular formula is C16H16N2O3. The van der Waals surface area contributed by atoms with Crippen molar-refractivity contribution in [3.63, 3.8) is 0 Å². The molecule has 108 valence electrons. The van der Waals surface area contributed by atoms with Crippen LogP contribution in [0.15, 0.2) is 36.7 Å². The number of carbonyl (C=O) groups excluding carboxylic acids is 1. The topological polar surface area (TPSA) is 61.3 Å². The molecule has 5 heteroatoms. The van der Waals surface area contributed by atoms with Gasteiger partial charge in [0.2, 0.25) is 5.88 Å². The van der Waals surface area contributed by atoms with Gasteiger partial charge in [0.05, 0.1) is 13.7 Å². The Bertz CT molecular complexity index is 657. The minimum Gasteiger partial charge on any atom is -0.493 e. The summed E-state index contributed by atoms with van der Waals surface area (Å²) < 4.78 is 10.6. The van der Waals surface area contributed by atoms with Crippen LogP contribution < -0.4 is 9.47 Å². The standard InChI is InChI=1S/C16H16N2O3/c1-20-16-9-13(17-10-18-16)14(19)8-11-6-7-21-15-5-3-2-4-12(11)15/h2-5,9-11H,6-8H2,1H3. The Hall–Kier alpha value is -2.43. The highest BCUT2D eigenvalue weighted by molar-refractivity contribution is 5.95. The van der Waals surface area contributed by atoms with Crippen molar-refractivity contribution in [2.24, 2.45) is 0 Å². The molecule has 0 aliphatic carbocycles. The van der Waals surface area contributed by atoms with Crippen LogP contribution in [0, 0.1) is 0 Å².